The van der Waals surface area contributed by atoms with E-state index in [0.717, 1.165) is 37.6 Å². The lowest BCUT2D eigenvalue weighted by Crippen LogP contribution is -2.20. The molecular formula is C12H20N2O2. The van der Waals surface area contributed by atoms with Crippen LogP contribution in [0, 0.1) is 0 Å². The summed E-state index contributed by atoms with van der Waals surface area (Å²) < 4.78 is 10.4. The molecule has 1 unspecified atom stereocenters. The van der Waals surface area contributed by atoms with Gasteiger partial charge in [0, 0.05) is 31.7 Å². The van der Waals surface area contributed by atoms with Crippen molar-refractivity contribution >= 4 is 0 Å². The van der Waals surface area contributed by atoms with Crippen LogP contribution in [0.25, 0.3) is 0 Å². The summed E-state index contributed by atoms with van der Waals surface area (Å²) in [7, 11) is 1.71. The molecule has 0 aromatic carbocycles. The molecule has 0 bridgehead atoms. The van der Waals surface area contributed by atoms with Gasteiger partial charge in [0.2, 0.25) is 0 Å². The van der Waals surface area contributed by atoms with Crippen molar-refractivity contribution in [1.29, 1.82) is 0 Å². The third-order valence-corrected chi connectivity index (χ3v) is 3.19. The van der Waals surface area contributed by atoms with Gasteiger partial charge in [-0.2, -0.15) is 0 Å². The van der Waals surface area contributed by atoms with Crippen molar-refractivity contribution in [2.45, 2.75) is 38.6 Å². The predicted octanol–water partition coefficient (Wildman–Crippen LogP) is 1.85. The number of aromatic nitrogens is 1. The van der Waals surface area contributed by atoms with Gasteiger partial charge in [-0.3, -0.25) is 0 Å². The maximum atomic E-state index is 5.44. The van der Waals surface area contributed by atoms with Crippen LogP contribution < -0.4 is 5.32 Å². The van der Waals surface area contributed by atoms with Crippen LogP contribution in [0.1, 0.15) is 42.7 Å². The Kier molecular flexibility index (Phi) is 3.96. The summed E-state index contributed by atoms with van der Waals surface area (Å²) in [5.41, 5.74) is 2.42. The standard InChI is InChI=1S/C12H20N2O2/c1-9-4-3-5-10-11(14-16-12(9)10)8-13-6-7-15-2/h9,13H,3-8H2,1-2H3. The van der Waals surface area contributed by atoms with Gasteiger partial charge in [-0.1, -0.05) is 12.1 Å². The number of fused-ring (bicyclic) bond motifs is 1. The first-order valence-corrected chi connectivity index (χ1v) is 6.00. The van der Waals surface area contributed by atoms with E-state index < -0.39 is 0 Å². The monoisotopic (exact) mass is 224 g/mol. The molecule has 1 aromatic rings. The molecular weight excluding hydrogens is 204 g/mol. The smallest absolute Gasteiger partial charge is 0.143 e. The molecule has 90 valence electrons. The van der Waals surface area contributed by atoms with E-state index in [1.54, 1.807) is 7.11 Å². The fourth-order valence-corrected chi connectivity index (χ4v) is 2.25. The first-order chi connectivity index (χ1) is 7.83. The predicted molar refractivity (Wildman–Crippen MR) is 61.4 cm³/mol. The summed E-state index contributed by atoms with van der Waals surface area (Å²) in [6, 6.07) is 0. The van der Waals surface area contributed by atoms with Crippen LogP contribution in [0.15, 0.2) is 4.52 Å². The molecule has 1 aliphatic carbocycles. The molecule has 1 atom stereocenters. The quantitative estimate of drug-likeness (QED) is 0.775. The van der Waals surface area contributed by atoms with Gasteiger partial charge < -0.3 is 14.6 Å². The maximum absolute atomic E-state index is 5.44. The zero-order valence-electron chi connectivity index (χ0n) is 10.1. The Balaban J connectivity index is 1.95. The average molecular weight is 224 g/mol. The molecule has 2 rings (SSSR count). The molecule has 1 heterocycles. The molecule has 0 saturated heterocycles. The van der Waals surface area contributed by atoms with Gasteiger partial charge in [-0.25, -0.2) is 0 Å². The number of nitrogens with one attached hydrogen (secondary N) is 1. The second-order valence-electron chi connectivity index (χ2n) is 4.43. The molecule has 0 fully saturated rings. The SMILES string of the molecule is COCCNCc1noc2c1CCCC2C. The number of methoxy groups -OCH3 is 1. The first kappa shape index (κ1) is 11.6. The molecule has 1 aliphatic rings. The van der Waals surface area contributed by atoms with Crippen LogP contribution in [0.3, 0.4) is 0 Å². The molecule has 4 heteroatoms. The van der Waals surface area contributed by atoms with Crippen molar-refractivity contribution in [3.63, 3.8) is 0 Å². The van der Waals surface area contributed by atoms with E-state index in [1.807, 2.05) is 0 Å². The van der Waals surface area contributed by atoms with Crippen molar-refractivity contribution in [1.82, 2.24) is 10.5 Å². The molecule has 0 radical (unpaired) electrons. The normalized spacial score (nSPS) is 19.8. The summed E-state index contributed by atoms with van der Waals surface area (Å²) in [6.45, 7) is 4.59. The lowest BCUT2D eigenvalue weighted by atomic mass is 9.89. The van der Waals surface area contributed by atoms with Gasteiger partial charge in [0.1, 0.15) is 11.5 Å². The third kappa shape index (κ3) is 2.44. The van der Waals surface area contributed by atoms with Crippen molar-refractivity contribution in [3.05, 3.63) is 17.0 Å². The number of hydrogen-bond donors (Lipinski definition) is 1. The summed E-state index contributed by atoms with van der Waals surface area (Å²) in [5.74, 6) is 1.64. The fourth-order valence-electron chi connectivity index (χ4n) is 2.25. The Hall–Kier alpha value is -0.870. The zero-order valence-corrected chi connectivity index (χ0v) is 10.1. The van der Waals surface area contributed by atoms with Crippen molar-refractivity contribution < 1.29 is 9.26 Å². The number of hydrogen-bond acceptors (Lipinski definition) is 4. The van der Waals surface area contributed by atoms with Crippen LogP contribution in [0.5, 0.6) is 0 Å². The average Bonchev–Trinajstić information content (AvgIpc) is 2.70. The molecule has 0 saturated carbocycles. The van der Waals surface area contributed by atoms with E-state index in [2.05, 4.69) is 17.4 Å². The highest BCUT2D eigenvalue weighted by Gasteiger charge is 2.24. The van der Waals surface area contributed by atoms with Crippen molar-refractivity contribution in [2.75, 3.05) is 20.3 Å². The van der Waals surface area contributed by atoms with Crippen LogP contribution in [-0.2, 0) is 17.7 Å². The van der Waals surface area contributed by atoms with E-state index in [0.29, 0.717) is 5.92 Å². The maximum Gasteiger partial charge on any atom is 0.143 e. The minimum absolute atomic E-state index is 0.531. The van der Waals surface area contributed by atoms with Crippen LogP contribution in [0.2, 0.25) is 0 Å². The summed E-state index contributed by atoms with van der Waals surface area (Å²) >= 11 is 0. The number of nitrogens with zero attached hydrogens (tertiary/aromatic N) is 1. The Bertz CT molecular complexity index is 336. The van der Waals surface area contributed by atoms with E-state index in [4.69, 9.17) is 9.26 Å². The van der Waals surface area contributed by atoms with Gasteiger partial charge in [0.05, 0.1) is 6.61 Å². The van der Waals surface area contributed by atoms with Gasteiger partial charge >= 0.3 is 0 Å². The Morgan fingerprint density at radius 2 is 2.44 bits per heavy atom. The molecule has 16 heavy (non-hydrogen) atoms. The molecule has 0 aliphatic heterocycles. The summed E-state index contributed by atoms with van der Waals surface area (Å²) in [5, 5.41) is 7.47. The molecule has 1 N–H and O–H groups in total. The number of rotatable bonds is 5. The van der Waals surface area contributed by atoms with Gasteiger partial charge in [-0.15, -0.1) is 0 Å². The van der Waals surface area contributed by atoms with E-state index >= 15 is 0 Å². The Morgan fingerprint density at radius 1 is 1.56 bits per heavy atom. The highest BCUT2D eigenvalue weighted by molar-refractivity contribution is 5.27. The minimum Gasteiger partial charge on any atom is -0.383 e. The van der Waals surface area contributed by atoms with Crippen LogP contribution >= 0.6 is 0 Å². The Labute approximate surface area is 96.3 Å². The highest BCUT2D eigenvalue weighted by atomic mass is 16.5. The Morgan fingerprint density at radius 3 is 3.25 bits per heavy atom. The number of ether oxygens (including phenoxy) is 1. The van der Waals surface area contributed by atoms with Gasteiger partial charge in [0.25, 0.3) is 0 Å². The van der Waals surface area contributed by atoms with E-state index in [-0.39, 0.29) is 0 Å². The summed E-state index contributed by atoms with van der Waals surface area (Å²) in [6.07, 6.45) is 3.59. The first-order valence-electron chi connectivity index (χ1n) is 6.00. The molecule has 0 spiro atoms. The largest absolute Gasteiger partial charge is 0.383 e. The molecule has 1 aromatic heterocycles. The third-order valence-electron chi connectivity index (χ3n) is 3.19. The fraction of sp³-hybridized carbons (Fsp3) is 0.750. The summed E-state index contributed by atoms with van der Waals surface area (Å²) in [4.78, 5) is 0. The van der Waals surface area contributed by atoms with Gasteiger partial charge in [0.15, 0.2) is 0 Å². The molecule has 4 nitrogen and oxygen atoms in total. The second kappa shape index (κ2) is 5.46. The highest BCUT2D eigenvalue weighted by Crippen LogP contribution is 2.32. The van der Waals surface area contributed by atoms with E-state index in [9.17, 15) is 0 Å². The zero-order chi connectivity index (χ0) is 11.4. The van der Waals surface area contributed by atoms with Crippen LogP contribution in [0.4, 0.5) is 0 Å². The van der Waals surface area contributed by atoms with Crippen molar-refractivity contribution in [2.24, 2.45) is 0 Å². The van der Waals surface area contributed by atoms with E-state index in [1.165, 1.54) is 18.4 Å². The lowest BCUT2D eigenvalue weighted by molar-refractivity contribution is 0.199. The van der Waals surface area contributed by atoms with Crippen molar-refractivity contribution in [3.8, 4) is 0 Å². The van der Waals surface area contributed by atoms with Gasteiger partial charge in [-0.05, 0) is 19.3 Å². The molecule has 0 amide bonds. The lowest BCUT2D eigenvalue weighted by Gasteiger charge is -2.16. The van der Waals surface area contributed by atoms with Crippen LogP contribution in [-0.4, -0.2) is 25.4 Å². The second-order valence-corrected chi connectivity index (χ2v) is 4.43. The minimum atomic E-state index is 0.531. The topological polar surface area (TPSA) is 47.3 Å².